The first-order valence-corrected chi connectivity index (χ1v) is 7.53. The molecule has 1 N–H and O–H groups in total. The van der Waals surface area contributed by atoms with Gasteiger partial charge in [0.05, 0.1) is 0 Å². The van der Waals surface area contributed by atoms with Crippen molar-refractivity contribution in [1.29, 1.82) is 0 Å². The standard InChI is InChI=1S/C13H16BrNS/c1-15-12(4-6-14)9-10-2-3-13-11(8-10)5-7-16-13/h2-3,5,7-8,12,15H,4,6,9H2,1H3. The lowest BCUT2D eigenvalue weighted by atomic mass is 10.0. The zero-order valence-corrected chi connectivity index (χ0v) is 11.8. The number of fused-ring (bicyclic) bond motifs is 1. The van der Waals surface area contributed by atoms with Gasteiger partial charge in [-0.05, 0) is 48.4 Å². The Morgan fingerprint density at radius 2 is 2.25 bits per heavy atom. The molecule has 16 heavy (non-hydrogen) atoms. The lowest BCUT2D eigenvalue weighted by Gasteiger charge is -2.14. The Balaban J connectivity index is 2.13. The fraction of sp³-hybridized carbons (Fsp3) is 0.385. The molecule has 86 valence electrons. The van der Waals surface area contributed by atoms with E-state index < -0.39 is 0 Å². The Bertz CT molecular complexity index is 452. The van der Waals surface area contributed by atoms with Crippen molar-refractivity contribution in [3.8, 4) is 0 Å². The van der Waals surface area contributed by atoms with Gasteiger partial charge in [0.1, 0.15) is 0 Å². The monoisotopic (exact) mass is 297 g/mol. The number of benzene rings is 1. The fourth-order valence-corrected chi connectivity index (χ4v) is 3.23. The van der Waals surface area contributed by atoms with Crippen molar-refractivity contribution >= 4 is 37.4 Å². The van der Waals surface area contributed by atoms with Crippen LogP contribution in [0.4, 0.5) is 0 Å². The van der Waals surface area contributed by atoms with Crippen LogP contribution in [-0.4, -0.2) is 18.4 Å². The van der Waals surface area contributed by atoms with Crippen LogP contribution in [0.3, 0.4) is 0 Å². The third-order valence-corrected chi connectivity index (χ3v) is 4.22. The Kier molecular flexibility index (Phi) is 4.38. The predicted octanol–water partition coefficient (Wildman–Crippen LogP) is 3.82. The number of hydrogen-bond acceptors (Lipinski definition) is 2. The Hall–Kier alpha value is -0.380. The highest BCUT2D eigenvalue weighted by atomic mass is 79.9. The predicted molar refractivity (Wildman–Crippen MR) is 76.8 cm³/mol. The molecule has 0 fully saturated rings. The van der Waals surface area contributed by atoms with Crippen molar-refractivity contribution in [2.75, 3.05) is 12.4 Å². The van der Waals surface area contributed by atoms with Crippen molar-refractivity contribution < 1.29 is 0 Å². The first kappa shape index (κ1) is 12.1. The highest BCUT2D eigenvalue weighted by Crippen LogP contribution is 2.22. The molecule has 1 unspecified atom stereocenters. The van der Waals surface area contributed by atoms with Crippen molar-refractivity contribution in [1.82, 2.24) is 5.32 Å². The maximum absolute atomic E-state index is 3.50. The highest BCUT2D eigenvalue weighted by molar-refractivity contribution is 9.09. The molecule has 0 saturated heterocycles. The Morgan fingerprint density at radius 1 is 1.38 bits per heavy atom. The normalized spacial score (nSPS) is 13.1. The summed E-state index contributed by atoms with van der Waals surface area (Å²) in [4.78, 5) is 0. The minimum atomic E-state index is 0.565. The zero-order valence-electron chi connectivity index (χ0n) is 9.37. The molecule has 1 atom stereocenters. The molecule has 1 heterocycles. The number of nitrogens with one attached hydrogen (secondary N) is 1. The van der Waals surface area contributed by atoms with E-state index in [2.05, 4.69) is 50.9 Å². The zero-order chi connectivity index (χ0) is 11.4. The summed E-state index contributed by atoms with van der Waals surface area (Å²) >= 11 is 5.31. The third-order valence-electron chi connectivity index (χ3n) is 2.86. The van der Waals surface area contributed by atoms with Gasteiger partial charge >= 0.3 is 0 Å². The summed E-state index contributed by atoms with van der Waals surface area (Å²) in [7, 11) is 2.04. The van der Waals surface area contributed by atoms with Crippen LogP contribution in [-0.2, 0) is 6.42 Å². The smallest absolute Gasteiger partial charge is 0.0342 e. The van der Waals surface area contributed by atoms with E-state index in [1.54, 1.807) is 0 Å². The van der Waals surface area contributed by atoms with Gasteiger partial charge in [0.15, 0.2) is 0 Å². The van der Waals surface area contributed by atoms with Crippen LogP contribution >= 0.6 is 27.3 Å². The van der Waals surface area contributed by atoms with Crippen LogP contribution in [0.2, 0.25) is 0 Å². The molecule has 0 aliphatic carbocycles. The lowest BCUT2D eigenvalue weighted by molar-refractivity contribution is 0.548. The van der Waals surface area contributed by atoms with E-state index in [4.69, 9.17) is 0 Å². The molecular formula is C13H16BrNS. The topological polar surface area (TPSA) is 12.0 Å². The summed E-state index contributed by atoms with van der Waals surface area (Å²) in [5.41, 5.74) is 1.42. The molecule has 2 rings (SSSR count). The number of likely N-dealkylation sites (N-methyl/N-ethyl adjacent to an activating group) is 1. The molecule has 0 aliphatic heterocycles. The number of halogens is 1. The molecule has 1 aromatic carbocycles. The number of hydrogen-bond donors (Lipinski definition) is 1. The van der Waals surface area contributed by atoms with Crippen molar-refractivity contribution in [3.05, 3.63) is 35.2 Å². The van der Waals surface area contributed by atoms with Crippen LogP contribution in [0.15, 0.2) is 29.6 Å². The average Bonchev–Trinajstić information content (AvgIpc) is 2.75. The summed E-state index contributed by atoms with van der Waals surface area (Å²) in [5, 5.41) is 7.95. The average molecular weight is 298 g/mol. The van der Waals surface area contributed by atoms with E-state index >= 15 is 0 Å². The van der Waals surface area contributed by atoms with Gasteiger partial charge < -0.3 is 5.32 Å². The molecule has 0 saturated carbocycles. The Labute approximate surface area is 109 Å². The summed E-state index contributed by atoms with van der Waals surface area (Å²) in [5.74, 6) is 0. The van der Waals surface area contributed by atoms with Crippen molar-refractivity contribution in [2.45, 2.75) is 18.9 Å². The van der Waals surface area contributed by atoms with E-state index in [0.29, 0.717) is 6.04 Å². The van der Waals surface area contributed by atoms with Gasteiger partial charge in [-0.1, -0.05) is 28.1 Å². The number of alkyl halides is 1. The fourth-order valence-electron chi connectivity index (χ4n) is 1.91. The van der Waals surface area contributed by atoms with Crippen molar-refractivity contribution in [2.24, 2.45) is 0 Å². The first-order chi connectivity index (χ1) is 7.83. The van der Waals surface area contributed by atoms with Gasteiger partial charge in [-0.3, -0.25) is 0 Å². The van der Waals surface area contributed by atoms with Crippen LogP contribution < -0.4 is 5.32 Å². The molecular weight excluding hydrogens is 282 g/mol. The van der Waals surface area contributed by atoms with Gasteiger partial charge in [0.25, 0.3) is 0 Å². The second-order valence-electron chi connectivity index (χ2n) is 3.96. The van der Waals surface area contributed by atoms with E-state index in [9.17, 15) is 0 Å². The summed E-state index contributed by atoms with van der Waals surface area (Å²) < 4.78 is 1.38. The van der Waals surface area contributed by atoms with E-state index in [1.165, 1.54) is 15.6 Å². The maximum Gasteiger partial charge on any atom is 0.0342 e. The number of rotatable bonds is 5. The van der Waals surface area contributed by atoms with Gasteiger partial charge in [-0.25, -0.2) is 0 Å². The highest BCUT2D eigenvalue weighted by Gasteiger charge is 2.06. The quantitative estimate of drug-likeness (QED) is 0.828. The van der Waals surface area contributed by atoms with Gasteiger partial charge in [0, 0.05) is 16.1 Å². The van der Waals surface area contributed by atoms with Crippen LogP contribution in [0.1, 0.15) is 12.0 Å². The molecule has 0 spiro atoms. The van der Waals surface area contributed by atoms with E-state index in [0.717, 1.165) is 18.2 Å². The summed E-state index contributed by atoms with van der Waals surface area (Å²) in [6.45, 7) is 0. The molecule has 1 aromatic heterocycles. The minimum Gasteiger partial charge on any atom is -0.317 e. The second-order valence-corrected chi connectivity index (χ2v) is 5.70. The van der Waals surface area contributed by atoms with Crippen molar-refractivity contribution in [3.63, 3.8) is 0 Å². The largest absolute Gasteiger partial charge is 0.317 e. The van der Waals surface area contributed by atoms with Gasteiger partial charge in [-0.2, -0.15) is 0 Å². The molecule has 0 radical (unpaired) electrons. The molecule has 0 amide bonds. The number of thiophene rings is 1. The van der Waals surface area contributed by atoms with Crippen LogP contribution in [0.5, 0.6) is 0 Å². The van der Waals surface area contributed by atoms with Crippen LogP contribution in [0, 0.1) is 0 Å². The minimum absolute atomic E-state index is 0.565. The lowest BCUT2D eigenvalue weighted by Crippen LogP contribution is -2.27. The summed E-state index contributed by atoms with van der Waals surface area (Å²) in [6, 6.07) is 9.55. The second kappa shape index (κ2) is 5.80. The van der Waals surface area contributed by atoms with E-state index in [-0.39, 0.29) is 0 Å². The summed E-state index contributed by atoms with van der Waals surface area (Å²) in [6.07, 6.45) is 2.27. The van der Waals surface area contributed by atoms with E-state index in [1.807, 2.05) is 18.4 Å². The SMILES string of the molecule is CNC(CCBr)Cc1ccc2sccc2c1. The molecule has 1 nitrogen and oxygen atoms in total. The van der Waals surface area contributed by atoms with Crippen LogP contribution in [0.25, 0.3) is 10.1 Å². The third kappa shape index (κ3) is 2.84. The molecule has 0 bridgehead atoms. The maximum atomic E-state index is 3.50. The Morgan fingerprint density at radius 3 is 3.00 bits per heavy atom. The first-order valence-electron chi connectivity index (χ1n) is 5.53. The molecule has 3 heteroatoms. The van der Waals surface area contributed by atoms with Gasteiger partial charge in [0.2, 0.25) is 0 Å². The molecule has 2 aromatic rings. The van der Waals surface area contributed by atoms with Gasteiger partial charge in [-0.15, -0.1) is 11.3 Å². The molecule has 0 aliphatic rings.